The van der Waals surface area contributed by atoms with Crippen LogP contribution in [-0.2, 0) is 11.0 Å². The van der Waals surface area contributed by atoms with Crippen LogP contribution in [0, 0.1) is 28.6 Å². The SMILES string of the molecule is C[C@@H]1CN(c2ccnn3cc(-c4cc(C(F)(F)F)ncn4)cc23)C(=O)[C@]1(C#N)C1CC1. The number of anilines is 1. The van der Waals surface area contributed by atoms with Gasteiger partial charge in [0.1, 0.15) is 17.4 Å². The molecule has 1 aliphatic carbocycles. The molecule has 4 heterocycles. The number of rotatable bonds is 3. The third-order valence-electron chi connectivity index (χ3n) is 6.27. The lowest BCUT2D eigenvalue weighted by molar-refractivity contribution is -0.141. The third kappa shape index (κ3) is 2.87. The lowest BCUT2D eigenvalue weighted by Gasteiger charge is -2.23. The number of nitriles is 1. The van der Waals surface area contributed by atoms with E-state index in [9.17, 15) is 23.2 Å². The first-order chi connectivity index (χ1) is 14.8. The van der Waals surface area contributed by atoms with E-state index in [-0.39, 0.29) is 23.4 Å². The number of carbonyl (C=O) groups excluding carboxylic acids is 1. The van der Waals surface area contributed by atoms with Crippen LogP contribution in [0.3, 0.4) is 0 Å². The first-order valence-electron chi connectivity index (χ1n) is 9.86. The predicted molar refractivity (Wildman–Crippen MR) is 104 cm³/mol. The van der Waals surface area contributed by atoms with Gasteiger partial charge in [-0.25, -0.2) is 14.5 Å². The summed E-state index contributed by atoms with van der Waals surface area (Å²) < 4.78 is 40.6. The Balaban J connectivity index is 1.58. The Labute approximate surface area is 175 Å². The summed E-state index contributed by atoms with van der Waals surface area (Å²) in [6.45, 7) is 2.32. The fourth-order valence-corrected chi connectivity index (χ4v) is 4.55. The van der Waals surface area contributed by atoms with Crippen LogP contribution in [0.25, 0.3) is 16.8 Å². The van der Waals surface area contributed by atoms with Crippen LogP contribution < -0.4 is 4.90 Å². The van der Waals surface area contributed by atoms with Gasteiger partial charge in [0, 0.05) is 30.4 Å². The van der Waals surface area contributed by atoms with Gasteiger partial charge in [-0.3, -0.25) is 4.79 Å². The highest BCUT2D eigenvalue weighted by Gasteiger charge is 2.61. The van der Waals surface area contributed by atoms with Gasteiger partial charge in [0.15, 0.2) is 0 Å². The molecule has 0 aromatic carbocycles. The number of nitrogens with zero attached hydrogens (tertiary/aromatic N) is 6. The van der Waals surface area contributed by atoms with Gasteiger partial charge in [-0.2, -0.15) is 23.5 Å². The Bertz CT molecular complexity index is 1240. The Morgan fingerprint density at radius 1 is 1.26 bits per heavy atom. The lowest BCUT2D eigenvalue weighted by Crippen LogP contribution is -2.37. The highest BCUT2D eigenvalue weighted by molar-refractivity contribution is 6.05. The van der Waals surface area contributed by atoms with E-state index in [1.54, 1.807) is 23.2 Å². The standard InChI is InChI=1S/C21H17F3N6O/c1-12-8-29(19(31)20(12,10-25)14-2-3-14)16-4-5-28-30-9-13(6-17(16)30)15-7-18(21(22,23)24)27-11-26-15/h4-7,9,11-12,14H,2-3,8H2,1H3/t12-,20+/m1/s1. The van der Waals surface area contributed by atoms with E-state index in [2.05, 4.69) is 21.1 Å². The van der Waals surface area contributed by atoms with E-state index in [0.29, 0.717) is 23.3 Å². The summed E-state index contributed by atoms with van der Waals surface area (Å²) in [5.74, 6) is -0.273. The van der Waals surface area contributed by atoms with Crippen molar-refractivity contribution in [2.75, 3.05) is 11.4 Å². The van der Waals surface area contributed by atoms with Crippen molar-refractivity contribution in [2.45, 2.75) is 25.9 Å². The summed E-state index contributed by atoms with van der Waals surface area (Å²) in [4.78, 5) is 22.2. The van der Waals surface area contributed by atoms with Gasteiger partial charge in [0.25, 0.3) is 0 Å². The molecular formula is C21H17F3N6O. The molecule has 158 valence electrons. The van der Waals surface area contributed by atoms with Crippen LogP contribution in [0.2, 0.25) is 0 Å². The fraction of sp³-hybridized carbons (Fsp3) is 0.381. The Kier molecular flexibility index (Phi) is 4.09. The van der Waals surface area contributed by atoms with Gasteiger partial charge >= 0.3 is 6.18 Å². The molecule has 1 saturated heterocycles. The number of fused-ring (bicyclic) bond motifs is 1. The maximum atomic E-state index is 13.4. The summed E-state index contributed by atoms with van der Waals surface area (Å²) in [6.07, 6.45) is 1.11. The van der Waals surface area contributed by atoms with Crippen molar-refractivity contribution in [3.8, 4) is 17.3 Å². The zero-order valence-corrected chi connectivity index (χ0v) is 16.5. The number of alkyl halides is 3. The molecule has 5 rings (SSSR count). The molecule has 10 heteroatoms. The summed E-state index contributed by atoms with van der Waals surface area (Å²) in [6, 6.07) is 6.51. The zero-order chi connectivity index (χ0) is 22.0. The van der Waals surface area contributed by atoms with Crippen LogP contribution in [0.15, 0.2) is 36.9 Å². The number of halogens is 3. The van der Waals surface area contributed by atoms with Crippen molar-refractivity contribution < 1.29 is 18.0 Å². The van der Waals surface area contributed by atoms with E-state index in [1.165, 1.54) is 10.7 Å². The van der Waals surface area contributed by atoms with Gasteiger partial charge in [0.05, 0.1) is 23.0 Å². The molecule has 2 atom stereocenters. The molecule has 0 radical (unpaired) electrons. The van der Waals surface area contributed by atoms with E-state index in [4.69, 9.17) is 0 Å². The quantitative estimate of drug-likeness (QED) is 0.637. The predicted octanol–water partition coefficient (Wildman–Crippen LogP) is 3.71. The van der Waals surface area contributed by atoms with Gasteiger partial charge in [0.2, 0.25) is 5.91 Å². The van der Waals surface area contributed by atoms with Crippen molar-refractivity contribution in [3.63, 3.8) is 0 Å². The van der Waals surface area contributed by atoms with Crippen LogP contribution in [0.1, 0.15) is 25.5 Å². The first kappa shape index (κ1) is 19.5. The minimum absolute atomic E-state index is 0.0759. The molecule has 2 aliphatic rings. The maximum Gasteiger partial charge on any atom is 0.433 e. The summed E-state index contributed by atoms with van der Waals surface area (Å²) >= 11 is 0. The van der Waals surface area contributed by atoms with Crippen molar-refractivity contribution in [1.29, 1.82) is 5.26 Å². The van der Waals surface area contributed by atoms with Crippen molar-refractivity contribution in [2.24, 2.45) is 17.3 Å². The molecule has 3 aromatic heterocycles. The molecule has 0 unspecified atom stereocenters. The second-order valence-electron chi connectivity index (χ2n) is 8.13. The van der Waals surface area contributed by atoms with Crippen molar-refractivity contribution >= 4 is 17.1 Å². The third-order valence-corrected chi connectivity index (χ3v) is 6.27. The van der Waals surface area contributed by atoms with Crippen LogP contribution in [0.5, 0.6) is 0 Å². The highest BCUT2D eigenvalue weighted by atomic mass is 19.4. The molecule has 2 fully saturated rings. The molecule has 0 spiro atoms. The maximum absolute atomic E-state index is 13.4. The lowest BCUT2D eigenvalue weighted by atomic mass is 9.75. The van der Waals surface area contributed by atoms with Crippen LogP contribution in [-0.4, -0.2) is 32.0 Å². The van der Waals surface area contributed by atoms with Crippen molar-refractivity contribution in [1.82, 2.24) is 19.6 Å². The Morgan fingerprint density at radius 2 is 2.03 bits per heavy atom. The average Bonchev–Trinajstić information content (AvgIpc) is 3.43. The minimum Gasteiger partial charge on any atom is -0.309 e. The van der Waals surface area contributed by atoms with Gasteiger partial charge in [-0.05, 0) is 37.0 Å². The smallest absolute Gasteiger partial charge is 0.309 e. The van der Waals surface area contributed by atoms with Gasteiger partial charge < -0.3 is 4.90 Å². The number of hydrogen-bond donors (Lipinski definition) is 0. The summed E-state index contributed by atoms with van der Waals surface area (Å²) in [5.41, 5.74) is -0.418. The Hall–Kier alpha value is -3.48. The fourth-order valence-electron chi connectivity index (χ4n) is 4.55. The van der Waals surface area contributed by atoms with E-state index in [0.717, 1.165) is 25.2 Å². The normalized spacial score (nSPS) is 24.0. The molecule has 7 nitrogen and oxygen atoms in total. The van der Waals surface area contributed by atoms with Crippen molar-refractivity contribution in [3.05, 3.63) is 42.6 Å². The number of hydrogen-bond acceptors (Lipinski definition) is 5. The van der Waals surface area contributed by atoms with E-state index >= 15 is 0 Å². The molecule has 1 amide bonds. The largest absolute Gasteiger partial charge is 0.433 e. The molecule has 1 aliphatic heterocycles. The zero-order valence-electron chi connectivity index (χ0n) is 16.5. The highest BCUT2D eigenvalue weighted by Crippen LogP contribution is 2.54. The minimum atomic E-state index is -4.58. The molecule has 31 heavy (non-hydrogen) atoms. The Morgan fingerprint density at radius 3 is 2.71 bits per heavy atom. The second-order valence-corrected chi connectivity index (χ2v) is 8.13. The molecular weight excluding hydrogens is 409 g/mol. The van der Waals surface area contributed by atoms with Crippen LogP contribution >= 0.6 is 0 Å². The van der Waals surface area contributed by atoms with Gasteiger partial charge in [-0.1, -0.05) is 6.92 Å². The topological polar surface area (TPSA) is 87.2 Å². The molecule has 3 aromatic rings. The molecule has 0 bridgehead atoms. The average molecular weight is 426 g/mol. The van der Waals surface area contributed by atoms with Crippen LogP contribution in [0.4, 0.5) is 18.9 Å². The molecule has 1 saturated carbocycles. The summed E-state index contributed by atoms with van der Waals surface area (Å²) in [7, 11) is 0. The second kappa shape index (κ2) is 6.51. The van der Waals surface area contributed by atoms with Gasteiger partial charge in [-0.15, -0.1) is 0 Å². The monoisotopic (exact) mass is 426 g/mol. The summed E-state index contributed by atoms with van der Waals surface area (Å²) in [5, 5.41) is 14.1. The van der Waals surface area contributed by atoms with E-state index in [1.807, 2.05) is 6.92 Å². The van der Waals surface area contributed by atoms with E-state index < -0.39 is 17.3 Å². The number of carbonyl (C=O) groups is 1. The number of amides is 1. The number of aromatic nitrogens is 4. The first-order valence-corrected chi connectivity index (χ1v) is 9.86. The molecule has 0 N–H and O–H groups in total.